The third-order valence-corrected chi connectivity index (χ3v) is 6.66. The Bertz CT molecular complexity index is 1680. The van der Waals surface area contributed by atoms with E-state index in [0.29, 0.717) is 24.2 Å². The van der Waals surface area contributed by atoms with Crippen LogP contribution in [0.3, 0.4) is 0 Å². The van der Waals surface area contributed by atoms with E-state index in [1.54, 1.807) is 23.0 Å². The van der Waals surface area contributed by atoms with Crippen LogP contribution < -0.4 is 15.0 Å². The maximum absolute atomic E-state index is 14.0. The Kier molecular flexibility index (Phi) is 6.40. The second-order valence-electron chi connectivity index (χ2n) is 9.58. The molecule has 2 aromatic heterocycles. The van der Waals surface area contributed by atoms with Crippen LogP contribution in [0.2, 0.25) is 0 Å². The number of imide groups is 1. The van der Waals surface area contributed by atoms with Gasteiger partial charge in [-0.2, -0.15) is 4.57 Å². The number of aromatic amines is 1. The van der Waals surface area contributed by atoms with Crippen molar-refractivity contribution >= 4 is 28.8 Å². The van der Waals surface area contributed by atoms with Gasteiger partial charge in [-0.3, -0.25) is 19.5 Å². The summed E-state index contributed by atoms with van der Waals surface area (Å²) in [5.41, 5.74) is 4.13. The number of hydrogen-bond donors (Lipinski definition) is 1. The molecule has 0 aliphatic carbocycles. The number of carbonyl (C=O) groups excluding carboxylic acids is 2. The highest BCUT2D eigenvalue weighted by atomic mass is 19.1. The molecule has 4 aromatic rings. The number of benzene rings is 2. The van der Waals surface area contributed by atoms with E-state index >= 15 is 0 Å². The van der Waals surface area contributed by atoms with Crippen molar-refractivity contribution in [2.75, 3.05) is 4.90 Å². The van der Waals surface area contributed by atoms with Gasteiger partial charge in [-0.25, -0.2) is 14.0 Å². The zero-order valence-corrected chi connectivity index (χ0v) is 21.7. The summed E-state index contributed by atoms with van der Waals surface area (Å²) >= 11 is 0. The third-order valence-electron chi connectivity index (χ3n) is 6.66. The normalized spacial score (nSPS) is 13.7. The fraction of sp³-hybridized carbons (Fsp3) is 0.200. The summed E-state index contributed by atoms with van der Waals surface area (Å²) in [6.07, 6.45) is 4.62. The Hall–Kier alpha value is -4.59. The Morgan fingerprint density at radius 1 is 0.921 bits per heavy atom. The number of nitrogens with zero attached hydrogens (tertiary/aromatic N) is 3. The molecule has 7 nitrogen and oxygen atoms in total. The van der Waals surface area contributed by atoms with E-state index in [1.165, 1.54) is 28.9 Å². The molecular formula is C30H28FN4O3+. The van der Waals surface area contributed by atoms with Gasteiger partial charge in [-0.1, -0.05) is 31.0 Å². The monoisotopic (exact) mass is 511 g/mol. The second-order valence-corrected chi connectivity index (χ2v) is 9.58. The van der Waals surface area contributed by atoms with Crippen LogP contribution in [0.4, 0.5) is 10.1 Å². The van der Waals surface area contributed by atoms with Crippen molar-refractivity contribution in [2.24, 2.45) is 0 Å². The summed E-state index contributed by atoms with van der Waals surface area (Å²) in [5.74, 6) is -1.71. The summed E-state index contributed by atoms with van der Waals surface area (Å²) in [4.78, 5) is 42.9. The summed E-state index contributed by atoms with van der Waals surface area (Å²) in [6, 6.07) is 14.6. The molecule has 2 aromatic carbocycles. The second kappa shape index (κ2) is 9.70. The molecule has 1 aliphatic rings. The van der Waals surface area contributed by atoms with Gasteiger partial charge < -0.3 is 0 Å². The van der Waals surface area contributed by atoms with E-state index in [4.69, 9.17) is 0 Å². The summed E-state index contributed by atoms with van der Waals surface area (Å²) < 4.78 is 16.7. The van der Waals surface area contributed by atoms with Crippen molar-refractivity contribution in [1.82, 2.24) is 9.78 Å². The molecule has 0 bridgehead atoms. The van der Waals surface area contributed by atoms with E-state index in [-0.39, 0.29) is 22.5 Å². The molecule has 0 atom stereocenters. The maximum atomic E-state index is 14.0. The highest BCUT2D eigenvalue weighted by Gasteiger charge is 2.48. The number of hydrogen-bond acceptors (Lipinski definition) is 3. The fourth-order valence-electron chi connectivity index (χ4n) is 4.94. The first kappa shape index (κ1) is 25.1. The molecule has 3 heterocycles. The number of H-pyrrole nitrogens is 1. The van der Waals surface area contributed by atoms with E-state index in [2.05, 4.69) is 5.10 Å². The lowest BCUT2D eigenvalue weighted by Gasteiger charge is -2.13. The summed E-state index contributed by atoms with van der Waals surface area (Å²) in [5, 5.41) is 3.21. The van der Waals surface area contributed by atoms with Gasteiger partial charge in [0, 0.05) is 17.3 Å². The average Bonchev–Trinajstić information content (AvgIpc) is 3.32. The van der Waals surface area contributed by atoms with Gasteiger partial charge >= 0.3 is 5.91 Å². The summed E-state index contributed by atoms with van der Waals surface area (Å²) in [7, 11) is 0. The van der Waals surface area contributed by atoms with Crippen LogP contribution in [0.15, 0.2) is 71.8 Å². The minimum absolute atomic E-state index is 0.0168. The smallest absolute Gasteiger partial charge is 0.294 e. The molecule has 1 aliphatic heterocycles. The first-order chi connectivity index (χ1) is 18.2. The van der Waals surface area contributed by atoms with Crippen LogP contribution in [0.5, 0.6) is 0 Å². The van der Waals surface area contributed by atoms with Crippen molar-refractivity contribution < 1.29 is 18.5 Å². The number of amides is 2. The predicted molar refractivity (Wildman–Crippen MR) is 143 cm³/mol. The van der Waals surface area contributed by atoms with E-state index in [1.807, 2.05) is 52.0 Å². The van der Waals surface area contributed by atoms with Crippen LogP contribution in [0.1, 0.15) is 41.3 Å². The zero-order valence-electron chi connectivity index (χ0n) is 21.7. The number of carbonyl (C=O) groups is 2. The van der Waals surface area contributed by atoms with Crippen molar-refractivity contribution in [3.63, 3.8) is 0 Å². The van der Waals surface area contributed by atoms with Crippen molar-refractivity contribution in [2.45, 2.75) is 40.5 Å². The molecule has 38 heavy (non-hydrogen) atoms. The van der Waals surface area contributed by atoms with E-state index in [9.17, 15) is 18.8 Å². The Balaban J connectivity index is 1.79. The molecule has 0 saturated heterocycles. The molecule has 2 amide bonds. The Morgan fingerprint density at radius 3 is 2.32 bits per heavy atom. The van der Waals surface area contributed by atoms with Gasteiger partial charge in [0.1, 0.15) is 11.4 Å². The molecule has 0 unspecified atom stereocenters. The molecule has 192 valence electrons. The Labute approximate surface area is 219 Å². The molecule has 0 radical (unpaired) electrons. The van der Waals surface area contributed by atoms with Crippen LogP contribution in [0.25, 0.3) is 17.0 Å². The van der Waals surface area contributed by atoms with Gasteiger partial charge in [0.05, 0.1) is 16.9 Å². The predicted octanol–water partition coefficient (Wildman–Crippen LogP) is 4.41. The molecule has 5 rings (SSSR count). The third kappa shape index (κ3) is 4.18. The Morgan fingerprint density at radius 2 is 1.66 bits per heavy atom. The first-order valence-electron chi connectivity index (χ1n) is 12.5. The first-order valence-corrected chi connectivity index (χ1v) is 12.5. The molecule has 0 fully saturated rings. The number of pyridine rings is 1. The minimum atomic E-state index is -0.633. The maximum Gasteiger partial charge on any atom is 0.331 e. The number of rotatable bonds is 6. The van der Waals surface area contributed by atoms with Gasteiger partial charge in [0.2, 0.25) is 0 Å². The SMILES string of the molecule is CCCc1[nH]n(-c2ccc(C)cc2C)c(=O)c1C1=C([n+]2cccc(C)c2)C(=O)N(c2ccc(F)cc2)C1=O. The van der Waals surface area contributed by atoms with Gasteiger partial charge in [0.15, 0.2) is 12.4 Å². The average molecular weight is 512 g/mol. The highest BCUT2D eigenvalue weighted by molar-refractivity contribution is 6.53. The van der Waals surface area contributed by atoms with E-state index < -0.39 is 23.2 Å². The van der Waals surface area contributed by atoms with Crippen LogP contribution in [0, 0.1) is 26.6 Å². The van der Waals surface area contributed by atoms with Crippen molar-refractivity contribution in [3.05, 3.63) is 111 Å². The number of aromatic nitrogens is 3. The number of halogens is 1. The minimum Gasteiger partial charge on any atom is -0.294 e. The summed E-state index contributed by atoms with van der Waals surface area (Å²) in [6.45, 7) is 7.75. The van der Waals surface area contributed by atoms with Gasteiger partial charge in [-0.05, 0) is 69.2 Å². The topological polar surface area (TPSA) is 79.1 Å². The lowest BCUT2D eigenvalue weighted by atomic mass is 10.0. The highest BCUT2D eigenvalue weighted by Crippen LogP contribution is 2.34. The van der Waals surface area contributed by atoms with Gasteiger partial charge in [0.25, 0.3) is 17.2 Å². The number of aryl methyl sites for hydroxylation is 4. The van der Waals surface area contributed by atoms with Crippen LogP contribution in [-0.4, -0.2) is 21.6 Å². The molecule has 8 heteroatoms. The quantitative estimate of drug-likeness (QED) is 0.308. The fourth-order valence-corrected chi connectivity index (χ4v) is 4.94. The molecule has 0 spiro atoms. The molecule has 1 N–H and O–H groups in total. The molecule has 0 saturated carbocycles. The van der Waals surface area contributed by atoms with Crippen molar-refractivity contribution in [3.8, 4) is 5.69 Å². The molecular weight excluding hydrogens is 483 g/mol. The van der Waals surface area contributed by atoms with Crippen molar-refractivity contribution in [1.29, 1.82) is 0 Å². The number of anilines is 1. The number of nitrogens with one attached hydrogen (secondary N) is 1. The van der Waals surface area contributed by atoms with Gasteiger partial charge in [-0.15, -0.1) is 0 Å². The largest absolute Gasteiger partial charge is 0.331 e. The standard InChI is InChI=1S/C30H27FN4O3/c1-5-7-23-25(29(37)35(32-23)24-14-9-18(2)16-20(24)4)26-27(33-15-6-8-19(3)17-33)30(38)34(28(26)36)22-12-10-21(31)11-13-22/h6,8-17H,5,7H2,1-4H3/p+1. The zero-order chi connectivity index (χ0) is 27.1. The van der Waals surface area contributed by atoms with Crippen LogP contribution in [-0.2, 0) is 16.0 Å². The lowest BCUT2D eigenvalue weighted by Crippen LogP contribution is -2.39. The van der Waals surface area contributed by atoms with E-state index in [0.717, 1.165) is 21.6 Å². The van der Waals surface area contributed by atoms with Crippen LogP contribution >= 0.6 is 0 Å². The lowest BCUT2D eigenvalue weighted by molar-refractivity contribution is -0.577.